The maximum atomic E-state index is 11.2. The standard InChI is InChI=1S/C19H17NO4S/c1-24-19(21)4-2-3-14-7-10-18(17(11-14)13-25(22)23)16-8-5-15(12-20)6-9-16/h5-11,13H,2-4H2,1H3. The molecule has 0 spiro atoms. The summed E-state index contributed by atoms with van der Waals surface area (Å²) in [5.41, 5.74) is 3.66. The topological polar surface area (TPSA) is 84.2 Å². The molecule has 0 amide bonds. The van der Waals surface area contributed by atoms with Crippen LogP contribution in [-0.4, -0.2) is 26.9 Å². The second-order valence-corrected chi connectivity index (χ2v) is 6.18. The fraction of sp³-hybridized carbons (Fsp3) is 0.211. The largest absolute Gasteiger partial charge is 0.469 e. The van der Waals surface area contributed by atoms with Gasteiger partial charge in [-0.25, -0.2) is 0 Å². The lowest BCUT2D eigenvalue weighted by Crippen LogP contribution is -2.01. The van der Waals surface area contributed by atoms with Crippen molar-refractivity contribution in [1.29, 1.82) is 5.26 Å². The van der Waals surface area contributed by atoms with Crippen LogP contribution < -0.4 is 0 Å². The minimum Gasteiger partial charge on any atom is -0.469 e. The second kappa shape index (κ2) is 8.81. The van der Waals surface area contributed by atoms with Gasteiger partial charge in [0.15, 0.2) is 0 Å². The van der Waals surface area contributed by atoms with E-state index in [1.165, 1.54) is 7.11 Å². The number of methoxy groups -OCH3 is 1. The highest BCUT2D eigenvalue weighted by molar-refractivity contribution is 7.71. The maximum Gasteiger partial charge on any atom is 0.305 e. The molecule has 2 aromatic rings. The third-order valence-corrected chi connectivity index (χ3v) is 4.18. The summed E-state index contributed by atoms with van der Waals surface area (Å²) in [4.78, 5) is 11.2. The minimum atomic E-state index is -2.33. The Hall–Kier alpha value is -2.91. The van der Waals surface area contributed by atoms with Gasteiger partial charge in [-0.2, -0.15) is 13.7 Å². The first-order valence-corrected chi connectivity index (χ1v) is 8.80. The van der Waals surface area contributed by atoms with E-state index in [-0.39, 0.29) is 5.97 Å². The molecule has 0 bridgehead atoms. The van der Waals surface area contributed by atoms with E-state index in [0.717, 1.165) is 22.1 Å². The molecule has 0 aliphatic carbocycles. The summed E-state index contributed by atoms with van der Waals surface area (Å²) in [6.07, 6.45) is 1.60. The molecule has 0 N–H and O–H groups in total. The molecule has 2 rings (SSSR count). The summed E-state index contributed by atoms with van der Waals surface area (Å²) in [7, 11) is -0.978. The summed E-state index contributed by atoms with van der Waals surface area (Å²) >= 11 is 0. The Balaban J connectivity index is 2.32. The van der Waals surface area contributed by atoms with Crippen LogP contribution in [0.25, 0.3) is 11.1 Å². The van der Waals surface area contributed by atoms with Gasteiger partial charge in [-0.3, -0.25) is 4.79 Å². The molecule has 0 saturated carbocycles. The van der Waals surface area contributed by atoms with E-state index in [2.05, 4.69) is 10.8 Å². The van der Waals surface area contributed by atoms with Crippen molar-refractivity contribution >= 4 is 21.6 Å². The highest BCUT2D eigenvalue weighted by atomic mass is 32.2. The van der Waals surface area contributed by atoms with Gasteiger partial charge in [0.2, 0.25) is 10.3 Å². The molecule has 0 aliphatic rings. The quantitative estimate of drug-likeness (QED) is 0.588. The Morgan fingerprint density at radius 1 is 1.20 bits per heavy atom. The van der Waals surface area contributed by atoms with Crippen molar-refractivity contribution in [3.05, 3.63) is 59.2 Å². The van der Waals surface area contributed by atoms with Gasteiger partial charge < -0.3 is 4.74 Å². The predicted octanol–water partition coefficient (Wildman–Crippen LogP) is 2.75. The normalized spacial score (nSPS) is 9.92. The molecule has 2 aromatic carbocycles. The number of aryl methyl sites for hydroxylation is 1. The van der Waals surface area contributed by atoms with Gasteiger partial charge in [0.25, 0.3) is 0 Å². The van der Waals surface area contributed by atoms with Crippen LogP contribution in [0, 0.1) is 11.3 Å². The van der Waals surface area contributed by atoms with Crippen LogP contribution in [0.1, 0.15) is 29.5 Å². The van der Waals surface area contributed by atoms with E-state index >= 15 is 0 Å². The van der Waals surface area contributed by atoms with E-state index in [4.69, 9.17) is 5.26 Å². The molecule has 25 heavy (non-hydrogen) atoms. The Labute approximate surface area is 148 Å². The summed E-state index contributed by atoms with van der Waals surface area (Å²) < 4.78 is 26.9. The summed E-state index contributed by atoms with van der Waals surface area (Å²) in [5, 5.41) is 10.0. The molecule has 0 aromatic heterocycles. The number of hydrogen-bond donors (Lipinski definition) is 0. The lowest BCUT2D eigenvalue weighted by molar-refractivity contribution is -0.140. The van der Waals surface area contributed by atoms with E-state index < -0.39 is 10.3 Å². The van der Waals surface area contributed by atoms with Crippen molar-refractivity contribution < 1.29 is 17.9 Å². The molecular weight excluding hydrogens is 338 g/mol. The van der Waals surface area contributed by atoms with Gasteiger partial charge in [-0.15, -0.1) is 0 Å². The van der Waals surface area contributed by atoms with Crippen molar-refractivity contribution in [1.82, 2.24) is 0 Å². The van der Waals surface area contributed by atoms with Crippen LogP contribution >= 0.6 is 0 Å². The number of hydrogen-bond acceptors (Lipinski definition) is 5. The number of benzene rings is 2. The molecule has 0 radical (unpaired) electrons. The SMILES string of the molecule is COC(=O)CCCc1ccc(-c2ccc(C#N)cc2)c(C=S(=O)=O)c1. The third-order valence-electron chi connectivity index (χ3n) is 3.74. The second-order valence-electron chi connectivity index (χ2n) is 5.42. The zero-order valence-electron chi connectivity index (χ0n) is 13.7. The van der Waals surface area contributed by atoms with E-state index in [9.17, 15) is 13.2 Å². The van der Waals surface area contributed by atoms with Crippen LogP contribution in [-0.2, 0) is 26.2 Å². The van der Waals surface area contributed by atoms with Crippen molar-refractivity contribution in [3.8, 4) is 17.2 Å². The summed E-state index contributed by atoms with van der Waals surface area (Å²) in [6.45, 7) is 0. The van der Waals surface area contributed by atoms with E-state index in [1.54, 1.807) is 30.3 Å². The molecule has 6 heteroatoms. The van der Waals surface area contributed by atoms with Crippen molar-refractivity contribution in [2.75, 3.05) is 7.11 Å². The summed E-state index contributed by atoms with van der Waals surface area (Å²) in [6, 6.07) is 14.6. The third kappa shape index (κ3) is 5.30. The van der Waals surface area contributed by atoms with Crippen LogP contribution in [0.2, 0.25) is 0 Å². The lowest BCUT2D eigenvalue weighted by Gasteiger charge is -2.09. The average molecular weight is 355 g/mol. The Morgan fingerprint density at radius 2 is 1.92 bits per heavy atom. The molecule has 0 fully saturated rings. The fourth-order valence-corrected chi connectivity index (χ4v) is 2.90. The zero-order chi connectivity index (χ0) is 18.2. The van der Waals surface area contributed by atoms with Gasteiger partial charge in [-0.05, 0) is 47.2 Å². The van der Waals surface area contributed by atoms with Gasteiger partial charge in [0, 0.05) is 6.42 Å². The number of nitrogens with zero attached hydrogens (tertiary/aromatic N) is 1. The minimum absolute atomic E-state index is 0.262. The highest BCUT2D eigenvalue weighted by Gasteiger charge is 2.07. The molecule has 0 unspecified atom stereocenters. The Kier molecular flexibility index (Phi) is 6.49. The molecular formula is C19H17NO4S. The van der Waals surface area contributed by atoms with Crippen molar-refractivity contribution in [2.24, 2.45) is 0 Å². The van der Waals surface area contributed by atoms with Crippen LogP contribution in [0.5, 0.6) is 0 Å². The number of nitriles is 1. The molecule has 0 atom stereocenters. The number of rotatable bonds is 6. The zero-order valence-corrected chi connectivity index (χ0v) is 14.5. The average Bonchev–Trinajstić information content (AvgIpc) is 2.61. The first kappa shape index (κ1) is 18.4. The van der Waals surface area contributed by atoms with Gasteiger partial charge in [-0.1, -0.05) is 30.3 Å². The molecule has 0 saturated heterocycles. The lowest BCUT2D eigenvalue weighted by atomic mass is 9.96. The smallest absolute Gasteiger partial charge is 0.305 e. The maximum absolute atomic E-state index is 11.2. The number of carbonyl (C=O) groups excluding carboxylic acids is 1. The Bertz CT molecular complexity index is 930. The van der Waals surface area contributed by atoms with Crippen LogP contribution in [0.3, 0.4) is 0 Å². The van der Waals surface area contributed by atoms with Crippen molar-refractivity contribution in [2.45, 2.75) is 19.3 Å². The first-order chi connectivity index (χ1) is 12.0. The van der Waals surface area contributed by atoms with Crippen LogP contribution in [0.4, 0.5) is 0 Å². The number of ether oxygens (including phenoxy) is 1. The van der Waals surface area contributed by atoms with Crippen molar-refractivity contribution in [3.63, 3.8) is 0 Å². The van der Waals surface area contributed by atoms with Gasteiger partial charge in [0.1, 0.15) is 0 Å². The first-order valence-electron chi connectivity index (χ1n) is 7.66. The molecule has 0 aliphatic heterocycles. The van der Waals surface area contributed by atoms with Gasteiger partial charge in [0.05, 0.1) is 24.1 Å². The number of esters is 1. The monoisotopic (exact) mass is 355 g/mol. The fourth-order valence-electron chi connectivity index (χ4n) is 2.49. The Morgan fingerprint density at radius 3 is 2.52 bits per heavy atom. The number of carbonyl (C=O) groups is 1. The van der Waals surface area contributed by atoms with E-state index in [1.807, 2.05) is 12.1 Å². The van der Waals surface area contributed by atoms with Gasteiger partial charge >= 0.3 is 5.97 Å². The highest BCUT2D eigenvalue weighted by Crippen LogP contribution is 2.25. The molecule has 0 heterocycles. The predicted molar refractivity (Wildman–Crippen MR) is 95.6 cm³/mol. The molecule has 5 nitrogen and oxygen atoms in total. The van der Waals surface area contributed by atoms with E-state index in [0.29, 0.717) is 30.4 Å². The van der Waals surface area contributed by atoms with Crippen LogP contribution in [0.15, 0.2) is 42.5 Å². The molecule has 128 valence electrons. The summed E-state index contributed by atoms with van der Waals surface area (Å²) in [5.74, 6) is -0.262.